The summed E-state index contributed by atoms with van der Waals surface area (Å²) in [5, 5.41) is 3.56. The minimum Gasteiger partial charge on any atom is -0.459 e. The molecule has 0 saturated carbocycles. The number of piperidine rings is 1. The Kier molecular flexibility index (Phi) is 5.47. The zero-order valence-corrected chi connectivity index (χ0v) is 15.8. The molecule has 2 fully saturated rings. The summed E-state index contributed by atoms with van der Waals surface area (Å²) in [5.74, 6) is -0.390. The van der Waals surface area contributed by atoms with Crippen LogP contribution in [0, 0.1) is 0 Å². The zero-order chi connectivity index (χ0) is 18.1. The van der Waals surface area contributed by atoms with E-state index in [4.69, 9.17) is 9.47 Å². The molecule has 1 N–H and O–H groups in total. The van der Waals surface area contributed by atoms with Gasteiger partial charge in [0.1, 0.15) is 17.7 Å². The van der Waals surface area contributed by atoms with Crippen molar-refractivity contribution in [3.05, 3.63) is 0 Å². The summed E-state index contributed by atoms with van der Waals surface area (Å²) in [7, 11) is 0. The van der Waals surface area contributed by atoms with Crippen LogP contribution in [0.4, 0.5) is 4.79 Å². The molecule has 6 heteroatoms. The van der Waals surface area contributed by atoms with Gasteiger partial charge in [-0.1, -0.05) is 0 Å². The molecule has 24 heavy (non-hydrogen) atoms. The van der Waals surface area contributed by atoms with E-state index in [2.05, 4.69) is 5.32 Å². The molecule has 6 nitrogen and oxygen atoms in total. The number of carbonyl (C=O) groups is 2. The second-order valence-corrected chi connectivity index (χ2v) is 8.96. The van der Waals surface area contributed by atoms with E-state index in [1.54, 1.807) is 4.90 Å². The van der Waals surface area contributed by atoms with Gasteiger partial charge in [0, 0.05) is 18.1 Å². The molecule has 2 aliphatic heterocycles. The van der Waals surface area contributed by atoms with E-state index in [1.807, 2.05) is 41.5 Å². The number of ether oxygens (including phenoxy) is 2. The Bertz CT molecular complexity index is 466. The first kappa shape index (κ1) is 19.0. The molecule has 0 aromatic heterocycles. The van der Waals surface area contributed by atoms with Gasteiger partial charge in [0.15, 0.2) is 0 Å². The van der Waals surface area contributed by atoms with Crippen LogP contribution in [-0.4, -0.2) is 52.8 Å². The first-order valence-electron chi connectivity index (χ1n) is 8.90. The molecule has 2 aliphatic rings. The standard InChI is InChI=1S/C18H32N2O4/c1-17(2,3)23-15(21)11-20(16(22)24-18(4,5)6)14-9-12-7-8-13(10-14)19-12/h12-14,19H,7-11H2,1-6H3/t12-,13+,14?. The smallest absolute Gasteiger partial charge is 0.411 e. The fraction of sp³-hybridized carbons (Fsp3) is 0.889. The lowest BCUT2D eigenvalue weighted by Gasteiger charge is -2.38. The maximum absolute atomic E-state index is 12.7. The molecule has 1 unspecified atom stereocenters. The van der Waals surface area contributed by atoms with Crippen LogP contribution in [0.3, 0.4) is 0 Å². The van der Waals surface area contributed by atoms with E-state index >= 15 is 0 Å². The van der Waals surface area contributed by atoms with Gasteiger partial charge < -0.3 is 14.8 Å². The predicted molar refractivity (Wildman–Crippen MR) is 91.8 cm³/mol. The third-order valence-electron chi connectivity index (χ3n) is 4.24. The van der Waals surface area contributed by atoms with Crippen LogP contribution in [0.25, 0.3) is 0 Å². The molecule has 0 aliphatic carbocycles. The van der Waals surface area contributed by atoms with Gasteiger partial charge in [-0.05, 0) is 67.2 Å². The lowest BCUT2D eigenvalue weighted by atomic mass is 9.98. The number of carbonyl (C=O) groups excluding carboxylic acids is 2. The fourth-order valence-electron chi connectivity index (χ4n) is 3.46. The van der Waals surface area contributed by atoms with E-state index in [0.717, 1.165) is 25.7 Å². The van der Waals surface area contributed by atoms with Gasteiger partial charge in [0.2, 0.25) is 0 Å². The topological polar surface area (TPSA) is 67.9 Å². The lowest BCUT2D eigenvalue weighted by molar-refractivity contribution is -0.156. The molecule has 3 atom stereocenters. The third kappa shape index (κ3) is 5.65. The van der Waals surface area contributed by atoms with Crippen molar-refractivity contribution in [2.75, 3.05) is 6.54 Å². The first-order chi connectivity index (χ1) is 10.9. The summed E-state index contributed by atoms with van der Waals surface area (Å²) >= 11 is 0. The molecule has 1 amide bonds. The molecular weight excluding hydrogens is 308 g/mol. The van der Waals surface area contributed by atoms with Gasteiger partial charge >= 0.3 is 12.1 Å². The average molecular weight is 340 g/mol. The number of rotatable bonds is 3. The van der Waals surface area contributed by atoms with Crippen LogP contribution in [0.5, 0.6) is 0 Å². The highest BCUT2D eigenvalue weighted by molar-refractivity contribution is 5.78. The van der Waals surface area contributed by atoms with E-state index in [0.29, 0.717) is 12.1 Å². The van der Waals surface area contributed by atoms with Crippen molar-refractivity contribution in [3.8, 4) is 0 Å². The predicted octanol–water partition coefficient (Wildman–Crippen LogP) is 2.85. The number of hydrogen-bond acceptors (Lipinski definition) is 5. The van der Waals surface area contributed by atoms with Crippen LogP contribution in [0.15, 0.2) is 0 Å². The van der Waals surface area contributed by atoms with E-state index in [-0.39, 0.29) is 18.6 Å². The first-order valence-corrected chi connectivity index (χ1v) is 8.90. The Morgan fingerprint density at radius 3 is 1.92 bits per heavy atom. The van der Waals surface area contributed by atoms with Gasteiger partial charge in [0.05, 0.1) is 0 Å². The second kappa shape index (κ2) is 6.90. The van der Waals surface area contributed by atoms with Crippen molar-refractivity contribution in [2.45, 2.75) is 96.6 Å². The van der Waals surface area contributed by atoms with Crippen molar-refractivity contribution in [2.24, 2.45) is 0 Å². The Balaban J connectivity index is 2.09. The van der Waals surface area contributed by atoms with Crippen molar-refractivity contribution >= 4 is 12.1 Å². The summed E-state index contributed by atoms with van der Waals surface area (Å²) < 4.78 is 10.9. The summed E-state index contributed by atoms with van der Waals surface area (Å²) in [5.41, 5.74) is -1.15. The molecule has 2 rings (SSSR count). The second-order valence-electron chi connectivity index (χ2n) is 8.96. The van der Waals surface area contributed by atoms with Crippen molar-refractivity contribution < 1.29 is 19.1 Å². The molecule has 2 heterocycles. The summed E-state index contributed by atoms with van der Waals surface area (Å²) in [6.45, 7) is 10.9. The van der Waals surface area contributed by atoms with E-state index in [1.165, 1.54) is 0 Å². The molecule has 138 valence electrons. The maximum atomic E-state index is 12.7. The van der Waals surface area contributed by atoms with Crippen LogP contribution in [-0.2, 0) is 14.3 Å². The molecule has 0 aromatic carbocycles. The highest BCUT2D eigenvalue weighted by atomic mass is 16.6. The normalized spacial score (nSPS) is 26.8. The monoisotopic (exact) mass is 340 g/mol. The summed E-state index contributed by atoms with van der Waals surface area (Å²) in [4.78, 5) is 26.5. The minimum atomic E-state index is -0.588. The summed E-state index contributed by atoms with van der Waals surface area (Å²) in [6.07, 6.45) is 3.56. The van der Waals surface area contributed by atoms with Gasteiger partial charge in [-0.2, -0.15) is 0 Å². The Hall–Kier alpha value is -1.30. The van der Waals surface area contributed by atoms with Gasteiger partial charge in [-0.3, -0.25) is 9.69 Å². The SMILES string of the molecule is CC(C)(C)OC(=O)CN(C(=O)OC(C)(C)C)C1C[C@H]2CC[C@@H](C1)N2. The minimum absolute atomic E-state index is 0.0196. The summed E-state index contributed by atoms with van der Waals surface area (Å²) in [6, 6.07) is 0.876. The number of amides is 1. The Morgan fingerprint density at radius 1 is 0.958 bits per heavy atom. The van der Waals surface area contributed by atoms with E-state index in [9.17, 15) is 9.59 Å². The van der Waals surface area contributed by atoms with Gasteiger partial charge in [-0.15, -0.1) is 0 Å². The third-order valence-corrected chi connectivity index (χ3v) is 4.24. The zero-order valence-electron chi connectivity index (χ0n) is 15.8. The average Bonchev–Trinajstić information content (AvgIpc) is 2.70. The number of nitrogens with one attached hydrogen (secondary N) is 1. The van der Waals surface area contributed by atoms with Crippen molar-refractivity contribution in [1.29, 1.82) is 0 Å². The van der Waals surface area contributed by atoms with Crippen LogP contribution < -0.4 is 5.32 Å². The van der Waals surface area contributed by atoms with E-state index < -0.39 is 17.3 Å². The largest absolute Gasteiger partial charge is 0.459 e. The number of fused-ring (bicyclic) bond motifs is 2. The van der Waals surface area contributed by atoms with Crippen molar-refractivity contribution in [1.82, 2.24) is 10.2 Å². The number of nitrogens with zero attached hydrogens (tertiary/aromatic N) is 1. The van der Waals surface area contributed by atoms with Crippen LogP contribution in [0.2, 0.25) is 0 Å². The lowest BCUT2D eigenvalue weighted by Crippen LogP contribution is -2.53. The molecule has 2 bridgehead atoms. The Morgan fingerprint density at radius 2 is 1.46 bits per heavy atom. The number of hydrogen-bond donors (Lipinski definition) is 1. The maximum Gasteiger partial charge on any atom is 0.411 e. The molecule has 0 spiro atoms. The van der Waals surface area contributed by atoms with Crippen LogP contribution in [0.1, 0.15) is 67.2 Å². The molecule has 2 saturated heterocycles. The Labute approximate surface area is 145 Å². The number of esters is 1. The quantitative estimate of drug-likeness (QED) is 0.800. The van der Waals surface area contributed by atoms with Gasteiger partial charge in [-0.25, -0.2) is 4.79 Å². The highest BCUT2D eigenvalue weighted by Crippen LogP contribution is 2.30. The molecular formula is C18H32N2O4. The fourth-order valence-corrected chi connectivity index (χ4v) is 3.46. The molecule has 0 aromatic rings. The van der Waals surface area contributed by atoms with Gasteiger partial charge in [0.25, 0.3) is 0 Å². The molecule has 0 radical (unpaired) electrons. The van der Waals surface area contributed by atoms with Crippen LogP contribution >= 0.6 is 0 Å². The van der Waals surface area contributed by atoms with Crippen molar-refractivity contribution in [3.63, 3.8) is 0 Å². The highest BCUT2D eigenvalue weighted by Gasteiger charge is 2.40.